The van der Waals surface area contributed by atoms with E-state index in [1.165, 1.54) is 11.3 Å². The summed E-state index contributed by atoms with van der Waals surface area (Å²) in [6, 6.07) is 14.8. The molecule has 0 radical (unpaired) electrons. The van der Waals surface area contributed by atoms with E-state index in [0.717, 1.165) is 35.8 Å². The average Bonchev–Trinajstić information content (AvgIpc) is 2.98. The summed E-state index contributed by atoms with van der Waals surface area (Å²) in [5.74, 6) is 1.25. The van der Waals surface area contributed by atoms with Gasteiger partial charge in [0, 0.05) is 24.5 Å². The van der Waals surface area contributed by atoms with Crippen molar-refractivity contribution in [2.24, 2.45) is 0 Å². The van der Waals surface area contributed by atoms with E-state index in [9.17, 15) is 0 Å². The molecule has 0 aliphatic rings. The van der Waals surface area contributed by atoms with Gasteiger partial charge < -0.3 is 15.2 Å². The normalized spacial score (nSPS) is 11.2. The van der Waals surface area contributed by atoms with Crippen LogP contribution in [-0.2, 0) is 0 Å². The van der Waals surface area contributed by atoms with E-state index in [1.807, 2.05) is 0 Å². The van der Waals surface area contributed by atoms with Gasteiger partial charge in [0.2, 0.25) is 5.95 Å². The first-order chi connectivity index (χ1) is 11.6. The average molecular weight is 322 g/mol. The van der Waals surface area contributed by atoms with Gasteiger partial charge in [0.05, 0.1) is 11.0 Å². The fourth-order valence-electron chi connectivity index (χ4n) is 3.08. The summed E-state index contributed by atoms with van der Waals surface area (Å²) >= 11 is 0. The van der Waals surface area contributed by atoms with E-state index in [0.29, 0.717) is 5.92 Å². The van der Waals surface area contributed by atoms with Crippen molar-refractivity contribution in [2.75, 3.05) is 23.3 Å². The molecule has 0 aliphatic carbocycles. The Bertz CT molecular complexity index is 815. The molecule has 1 heterocycles. The van der Waals surface area contributed by atoms with E-state index in [2.05, 4.69) is 85.4 Å². The van der Waals surface area contributed by atoms with E-state index >= 15 is 0 Å². The molecule has 4 heteroatoms. The Balaban J connectivity index is 1.92. The molecule has 0 atom stereocenters. The molecule has 126 valence electrons. The predicted molar refractivity (Wildman–Crippen MR) is 103 cm³/mol. The number of nitrogens with zero attached hydrogens (tertiary/aromatic N) is 2. The van der Waals surface area contributed by atoms with Crippen LogP contribution in [0.25, 0.3) is 11.0 Å². The monoisotopic (exact) mass is 322 g/mol. The summed E-state index contributed by atoms with van der Waals surface area (Å²) in [6.45, 7) is 10.8. The van der Waals surface area contributed by atoms with Gasteiger partial charge >= 0.3 is 0 Å². The van der Waals surface area contributed by atoms with Crippen LogP contribution >= 0.6 is 0 Å². The zero-order valence-electron chi connectivity index (χ0n) is 14.9. The van der Waals surface area contributed by atoms with Crippen LogP contribution in [0.2, 0.25) is 0 Å². The van der Waals surface area contributed by atoms with Crippen molar-refractivity contribution in [2.45, 2.75) is 33.6 Å². The third kappa shape index (κ3) is 3.23. The Hall–Kier alpha value is -2.49. The first-order valence-electron chi connectivity index (χ1n) is 8.73. The second-order valence-corrected chi connectivity index (χ2v) is 6.33. The lowest BCUT2D eigenvalue weighted by atomic mass is 10.0. The number of aromatic nitrogens is 2. The largest absolute Gasteiger partial charge is 0.372 e. The number of anilines is 3. The third-order valence-electron chi connectivity index (χ3n) is 4.43. The maximum Gasteiger partial charge on any atom is 0.205 e. The maximum absolute atomic E-state index is 4.73. The lowest BCUT2D eigenvalue weighted by Gasteiger charge is -2.20. The van der Waals surface area contributed by atoms with Gasteiger partial charge in [-0.15, -0.1) is 0 Å². The predicted octanol–water partition coefficient (Wildman–Crippen LogP) is 5.28. The summed E-state index contributed by atoms with van der Waals surface area (Å²) < 4.78 is 0. The number of fused-ring (bicyclic) bond motifs is 1. The molecule has 4 nitrogen and oxygen atoms in total. The van der Waals surface area contributed by atoms with Crippen LogP contribution in [0.1, 0.15) is 39.2 Å². The summed E-state index contributed by atoms with van der Waals surface area (Å²) in [4.78, 5) is 10.4. The molecule has 0 bridgehead atoms. The highest BCUT2D eigenvalue weighted by Crippen LogP contribution is 2.27. The van der Waals surface area contributed by atoms with Gasteiger partial charge in [-0.1, -0.05) is 32.0 Å². The molecular weight excluding hydrogens is 296 g/mol. The number of hydrogen-bond acceptors (Lipinski definition) is 3. The highest BCUT2D eigenvalue weighted by atomic mass is 15.1. The molecule has 0 saturated heterocycles. The number of benzene rings is 2. The van der Waals surface area contributed by atoms with Crippen molar-refractivity contribution in [1.82, 2.24) is 9.97 Å². The van der Waals surface area contributed by atoms with Gasteiger partial charge in [0.15, 0.2) is 0 Å². The Kier molecular flexibility index (Phi) is 4.74. The molecule has 0 amide bonds. The van der Waals surface area contributed by atoms with Crippen LogP contribution in [0.4, 0.5) is 17.3 Å². The van der Waals surface area contributed by atoms with Gasteiger partial charge in [0.25, 0.3) is 0 Å². The first kappa shape index (κ1) is 16.4. The molecule has 0 unspecified atom stereocenters. The van der Waals surface area contributed by atoms with Crippen LogP contribution in [0.3, 0.4) is 0 Å². The molecule has 0 aliphatic heterocycles. The molecule has 0 fully saturated rings. The zero-order chi connectivity index (χ0) is 17.1. The Morgan fingerprint density at radius 2 is 1.83 bits per heavy atom. The summed E-state index contributed by atoms with van der Waals surface area (Å²) in [5.41, 5.74) is 5.66. The second-order valence-electron chi connectivity index (χ2n) is 6.33. The fourth-order valence-corrected chi connectivity index (χ4v) is 3.08. The standard InChI is InChI=1S/C20H26N4/c1-5-24(6-2)15-11-12-18-19(13-15)23-20(22-18)21-17-10-8-7-9-16(17)14(3)4/h7-14H,5-6H2,1-4H3,(H2,21,22,23). The minimum atomic E-state index is 0.465. The first-order valence-corrected chi connectivity index (χ1v) is 8.73. The molecule has 3 aromatic rings. The van der Waals surface area contributed by atoms with E-state index in [-0.39, 0.29) is 0 Å². The highest BCUT2D eigenvalue weighted by Gasteiger charge is 2.10. The lowest BCUT2D eigenvalue weighted by Crippen LogP contribution is -2.21. The van der Waals surface area contributed by atoms with Gasteiger partial charge in [0.1, 0.15) is 0 Å². The van der Waals surface area contributed by atoms with Crippen LogP contribution in [0, 0.1) is 0 Å². The molecule has 0 saturated carbocycles. The fraction of sp³-hybridized carbons (Fsp3) is 0.350. The second kappa shape index (κ2) is 6.95. The number of nitrogens with one attached hydrogen (secondary N) is 2. The van der Waals surface area contributed by atoms with Crippen molar-refractivity contribution in [1.29, 1.82) is 0 Å². The molecule has 2 N–H and O–H groups in total. The Morgan fingerprint density at radius 1 is 1.08 bits per heavy atom. The van der Waals surface area contributed by atoms with Gasteiger partial charge in [-0.25, -0.2) is 4.98 Å². The number of hydrogen-bond donors (Lipinski definition) is 2. The zero-order valence-corrected chi connectivity index (χ0v) is 14.9. The quantitative estimate of drug-likeness (QED) is 0.649. The maximum atomic E-state index is 4.73. The van der Waals surface area contributed by atoms with Gasteiger partial charge in [-0.3, -0.25) is 0 Å². The van der Waals surface area contributed by atoms with Crippen molar-refractivity contribution in [3.8, 4) is 0 Å². The minimum Gasteiger partial charge on any atom is -0.372 e. The van der Waals surface area contributed by atoms with E-state index in [1.54, 1.807) is 0 Å². The molecule has 0 spiro atoms. The summed E-state index contributed by atoms with van der Waals surface area (Å²) in [5, 5.41) is 3.44. The number of rotatable bonds is 6. The van der Waals surface area contributed by atoms with Crippen LogP contribution < -0.4 is 10.2 Å². The Morgan fingerprint density at radius 3 is 2.54 bits per heavy atom. The smallest absolute Gasteiger partial charge is 0.205 e. The molecule has 24 heavy (non-hydrogen) atoms. The van der Waals surface area contributed by atoms with Gasteiger partial charge in [-0.2, -0.15) is 0 Å². The van der Waals surface area contributed by atoms with Crippen LogP contribution in [0.15, 0.2) is 42.5 Å². The van der Waals surface area contributed by atoms with Crippen molar-refractivity contribution in [3.05, 3.63) is 48.0 Å². The lowest BCUT2D eigenvalue weighted by molar-refractivity contribution is 0.867. The molecular formula is C20H26N4. The van der Waals surface area contributed by atoms with Crippen molar-refractivity contribution in [3.63, 3.8) is 0 Å². The number of H-pyrrole nitrogens is 1. The number of para-hydroxylation sites is 1. The van der Waals surface area contributed by atoms with Crippen molar-refractivity contribution < 1.29 is 0 Å². The number of imidazole rings is 1. The van der Waals surface area contributed by atoms with Crippen LogP contribution in [0.5, 0.6) is 0 Å². The third-order valence-corrected chi connectivity index (χ3v) is 4.43. The van der Waals surface area contributed by atoms with E-state index in [4.69, 9.17) is 4.98 Å². The SMILES string of the molecule is CCN(CC)c1ccc2[nH]c(Nc3ccccc3C(C)C)nc2c1. The topological polar surface area (TPSA) is 44.0 Å². The minimum absolute atomic E-state index is 0.465. The highest BCUT2D eigenvalue weighted by molar-refractivity contribution is 5.82. The summed E-state index contributed by atoms with van der Waals surface area (Å²) in [6.07, 6.45) is 0. The Labute approximate surface area is 143 Å². The van der Waals surface area contributed by atoms with Crippen LogP contribution in [-0.4, -0.2) is 23.1 Å². The van der Waals surface area contributed by atoms with E-state index < -0.39 is 0 Å². The molecule has 1 aromatic heterocycles. The van der Waals surface area contributed by atoms with Crippen molar-refractivity contribution >= 4 is 28.4 Å². The molecule has 2 aromatic carbocycles. The number of aromatic amines is 1. The summed E-state index contributed by atoms with van der Waals surface area (Å²) in [7, 11) is 0. The molecule has 3 rings (SSSR count). The van der Waals surface area contributed by atoms with Gasteiger partial charge in [-0.05, 0) is 49.6 Å².